The molecule has 1 unspecified atom stereocenters. The van der Waals surface area contributed by atoms with Gasteiger partial charge in [-0.1, -0.05) is 22.9 Å². The quantitative estimate of drug-likeness (QED) is 0.911. The molecule has 0 spiro atoms. The summed E-state index contributed by atoms with van der Waals surface area (Å²) in [5.41, 5.74) is 4.45. The lowest BCUT2D eigenvalue weighted by Crippen LogP contribution is -2.19. The number of aryl methyl sites for hydroxylation is 2. The maximum absolute atomic E-state index is 4.67. The van der Waals surface area contributed by atoms with Crippen LogP contribution in [-0.4, -0.2) is 16.5 Å². The zero-order valence-electron chi connectivity index (χ0n) is 12.4. The van der Waals surface area contributed by atoms with E-state index >= 15 is 0 Å². The van der Waals surface area contributed by atoms with E-state index < -0.39 is 0 Å². The van der Waals surface area contributed by atoms with E-state index in [9.17, 15) is 0 Å². The van der Waals surface area contributed by atoms with Gasteiger partial charge in [0.2, 0.25) is 0 Å². The topological polar surface area (TPSA) is 37.8 Å². The van der Waals surface area contributed by atoms with Gasteiger partial charge in [-0.2, -0.15) is 0 Å². The third-order valence-corrected chi connectivity index (χ3v) is 3.92. The van der Waals surface area contributed by atoms with E-state index in [1.807, 2.05) is 19.2 Å². The Hall–Kier alpha value is -1.26. The van der Waals surface area contributed by atoms with Crippen molar-refractivity contribution in [3.05, 3.63) is 45.7 Å². The zero-order chi connectivity index (χ0) is 14.7. The molecule has 0 aliphatic heterocycles. The first-order valence-electron chi connectivity index (χ1n) is 6.86. The number of hydrogen-bond donors (Lipinski definition) is 1. The van der Waals surface area contributed by atoms with Crippen molar-refractivity contribution in [1.82, 2.24) is 15.3 Å². The lowest BCUT2D eigenvalue weighted by molar-refractivity contribution is 0.590. The Morgan fingerprint density at radius 2 is 2.05 bits per heavy atom. The summed E-state index contributed by atoms with van der Waals surface area (Å²) in [5, 5.41) is 3.39. The molecular formula is C16H20BrN3. The van der Waals surface area contributed by atoms with Gasteiger partial charge in [0.05, 0.1) is 0 Å². The Bertz CT molecular complexity index is 611. The molecule has 0 saturated carbocycles. The Morgan fingerprint density at radius 3 is 2.65 bits per heavy atom. The van der Waals surface area contributed by atoms with Crippen molar-refractivity contribution in [2.75, 3.05) is 6.54 Å². The number of rotatable bonds is 4. The highest BCUT2D eigenvalue weighted by Gasteiger charge is 2.12. The molecule has 0 radical (unpaired) electrons. The van der Waals surface area contributed by atoms with Crippen molar-refractivity contribution in [2.24, 2.45) is 0 Å². The first-order chi connectivity index (χ1) is 9.52. The molecule has 20 heavy (non-hydrogen) atoms. The molecule has 3 nitrogen and oxygen atoms in total. The van der Waals surface area contributed by atoms with Gasteiger partial charge >= 0.3 is 0 Å². The summed E-state index contributed by atoms with van der Waals surface area (Å²) in [6.45, 7) is 9.30. The summed E-state index contributed by atoms with van der Waals surface area (Å²) in [5.74, 6) is 0.792. The number of hydrogen-bond acceptors (Lipinski definition) is 3. The number of halogens is 1. The Balaban J connectivity index is 2.38. The first-order valence-corrected chi connectivity index (χ1v) is 7.65. The summed E-state index contributed by atoms with van der Waals surface area (Å²) in [6.07, 6.45) is 1.94. The molecule has 1 atom stereocenters. The SMILES string of the molecule is CCNC(C)c1cnc(-c2ccc(Br)cc2C)nc1C. The number of aromatic nitrogens is 2. The van der Waals surface area contributed by atoms with Gasteiger partial charge in [0.1, 0.15) is 0 Å². The predicted octanol–water partition coefficient (Wildman–Crippen LogP) is 4.19. The maximum atomic E-state index is 4.67. The Kier molecular flexibility index (Phi) is 4.89. The lowest BCUT2D eigenvalue weighted by atomic mass is 10.1. The molecule has 2 aromatic rings. The van der Waals surface area contributed by atoms with Crippen molar-refractivity contribution in [3.8, 4) is 11.4 Å². The molecule has 0 saturated heterocycles. The van der Waals surface area contributed by atoms with Gasteiger partial charge in [-0.3, -0.25) is 0 Å². The second-order valence-corrected chi connectivity index (χ2v) is 5.89. The standard InChI is InChI=1S/C16H20BrN3/c1-5-18-11(3)15-9-19-16(20-12(15)4)14-7-6-13(17)8-10(14)2/h6-9,11,18H,5H2,1-4H3. The number of nitrogens with zero attached hydrogens (tertiary/aromatic N) is 2. The normalized spacial score (nSPS) is 12.4. The van der Waals surface area contributed by atoms with Gasteiger partial charge in [0, 0.05) is 33.5 Å². The molecular weight excluding hydrogens is 314 g/mol. The van der Waals surface area contributed by atoms with Crippen LogP contribution in [0.4, 0.5) is 0 Å². The molecule has 0 fully saturated rings. The highest BCUT2D eigenvalue weighted by Crippen LogP contribution is 2.25. The van der Waals surface area contributed by atoms with Gasteiger partial charge in [-0.25, -0.2) is 9.97 Å². The van der Waals surface area contributed by atoms with E-state index in [1.54, 1.807) is 0 Å². The largest absolute Gasteiger partial charge is 0.310 e. The van der Waals surface area contributed by atoms with Gasteiger partial charge in [-0.15, -0.1) is 0 Å². The van der Waals surface area contributed by atoms with E-state index in [1.165, 1.54) is 5.56 Å². The molecule has 0 aliphatic carbocycles. The minimum absolute atomic E-state index is 0.278. The predicted molar refractivity (Wildman–Crippen MR) is 86.7 cm³/mol. The van der Waals surface area contributed by atoms with Crippen molar-refractivity contribution < 1.29 is 0 Å². The molecule has 0 aliphatic rings. The maximum Gasteiger partial charge on any atom is 0.159 e. The van der Waals surface area contributed by atoms with Crippen molar-refractivity contribution in [1.29, 1.82) is 0 Å². The van der Waals surface area contributed by atoms with Crippen LogP contribution in [0.2, 0.25) is 0 Å². The number of benzene rings is 1. The Morgan fingerprint density at radius 1 is 1.30 bits per heavy atom. The van der Waals surface area contributed by atoms with Crippen molar-refractivity contribution in [2.45, 2.75) is 33.7 Å². The van der Waals surface area contributed by atoms with Crippen LogP contribution >= 0.6 is 15.9 Å². The van der Waals surface area contributed by atoms with E-state index in [0.29, 0.717) is 0 Å². The van der Waals surface area contributed by atoms with E-state index in [2.05, 4.69) is 64.1 Å². The second kappa shape index (κ2) is 6.46. The van der Waals surface area contributed by atoms with Crippen LogP contribution in [0, 0.1) is 13.8 Å². The van der Waals surface area contributed by atoms with Crippen molar-refractivity contribution in [3.63, 3.8) is 0 Å². The van der Waals surface area contributed by atoms with Gasteiger partial charge in [0.25, 0.3) is 0 Å². The van der Waals surface area contributed by atoms with Gasteiger partial charge in [0.15, 0.2) is 5.82 Å². The summed E-state index contributed by atoms with van der Waals surface area (Å²) in [6, 6.07) is 6.45. The molecule has 1 aromatic heterocycles. The van der Waals surface area contributed by atoms with Crippen molar-refractivity contribution >= 4 is 15.9 Å². The van der Waals surface area contributed by atoms with Crippen LogP contribution in [0.5, 0.6) is 0 Å². The van der Waals surface area contributed by atoms with E-state index in [0.717, 1.165) is 33.7 Å². The minimum atomic E-state index is 0.278. The second-order valence-electron chi connectivity index (χ2n) is 4.97. The van der Waals surface area contributed by atoms with E-state index in [4.69, 9.17) is 0 Å². The fourth-order valence-electron chi connectivity index (χ4n) is 2.33. The molecule has 0 amide bonds. The van der Waals surface area contributed by atoms with Gasteiger partial charge < -0.3 is 5.32 Å². The van der Waals surface area contributed by atoms with Crippen LogP contribution < -0.4 is 5.32 Å². The number of nitrogens with one attached hydrogen (secondary N) is 1. The summed E-state index contributed by atoms with van der Waals surface area (Å²) < 4.78 is 1.08. The average molecular weight is 334 g/mol. The smallest absolute Gasteiger partial charge is 0.159 e. The third kappa shape index (κ3) is 3.25. The molecule has 1 aromatic carbocycles. The summed E-state index contributed by atoms with van der Waals surface area (Å²) >= 11 is 3.48. The fraction of sp³-hybridized carbons (Fsp3) is 0.375. The highest BCUT2D eigenvalue weighted by atomic mass is 79.9. The van der Waals surface area contributed by atoms with Crippen LogP contribution in [0.1, 0.15) is 36.7 Å². The summed E-state index contributed by atoms with van der Waals surface area (Å²) in [7, 11) is 0. The minimum Gasteiger partial charge on any atom is -0.310 e. The molecule has 106 valence electrons. The molecule has 1 heterocycles. The van der Waals surface area contributed by atoms with Crippen LogP contribution in [0.15, 0.2) is 28.9 Å². The fourth-order valence-corrected chi connectivity index (χ4v) is 2.80. The molecule has 4 heteroatoms. The van der Waals surface area contributed by atoms with Crippen LogP contribution in [0.25, 0.3) is 11.4 Å². The summed E-state index contributed by atoms with van der Waals surface area (Å²) in [4.78, 5) is 9.21. The Labute approximate surface area is 129 Å². The lowest BCUT2D eigenvalue weighted by Gasteiger charge is -2.15. The zero-order valence-corrected chi connectivity index (χ0v) is 14.0. The molecule has 0 bridgehead atoms. The van der Waals surface area contributed by atoms with Crippen LogP contribution in [-0.2, 0) is 0 Å². The average Bonchev–Trinajstić information content (AvgIpc) is 2.38. The molecule has 2 rings (SSSR count). The monoisotopic (exact) mass is 333 g/mol. The van der Waals surface area contributed by atoms with E-state index in [-0.39, 0.29) is 6.04 Å². The van der Waals surface area contributed by atoms with Crippen LogP contribution in [0.3, 0.4) is 0 Å². The molecule has 1 N–H and O–H groups in total. The third-order valence-electron chi connectivity index (χ3n) is 3.42. The van der Waals surface area contributed by atoms with Gasteiger partial charge in [-0.05, 0) is 51.1 Å². The first kappa shape index (κ1) is 15.1. The highest BCUT2D eigenvalue weighted by molar-refractivity contribution is 9.10.